The van der Waals surface area contributed by atoms with E-state index in [0.717, 1.165) is 0 Å². The van der Waals surface area contributed by atoms with E-state index in [4.69, 9.17) is 11.6 Å². The van der Waals surface area contributed by atoms with E-state index in [0.29, 0.717) is 6.42 Å². The summed E-state index contributed by atoms with van der Waals surface area (Å²) in [7, 11) is 0. The van der Waals surface area contributed by atoms with Gasteiger partial charge in [0.15, 0.2) is 0 Å². The van der Waals surface area contributed by atoms with E-state index in [1.54, 1.807) is 13.0 Å². The Morgan fingerprint density at radius 2 is 2.32 bits per heavy atom. The minimum absolute atomic E-state index is 0.000636. The zero-order valence-corrected chi connectivity index (χ0v) is 11.5. The molecule has 0 aromatic heterocycles. The van der Waals surface area contributed by atoms with Crippen molar-refractivity contribution in [2.24, 2.45) is 0 Å². The van der Waals surface area contributed by atoms with Crippen LogP contribution in [0.15, 0.2) is 30.9 Å². The van der Waals surface area contributed by atoms with E-state index in [1.165, 1.54) is 18.2 Å². The Hall–Kier alpha value is -1.39. The van der Waals surface area contributed by atoms with Gasteiger partial charge in [0.1, 0.15) is 11.9 Å². The summed E-state index contributed by atoms with van der Waals surface area (Å²) < 4.78 is 13.6. The van der Waals surface area contributed by atoms with Crippen molar-refractivity contribution in [1.29, 1.82) is 0 Å². The molecule has 0 radical (unpaired) electrons. The number of benzene rings is 1. The van der Waals surface area contributed by atoms with E-state index in [1.807, 2.05) is 0 Å². The standard InChI is InChI=1S/C14H17ClFNO2/c1-3-4-8-12(18)17-9(2)14(19)13-10(15)6-5-7-11(13)16/h3,5-7,9,14,19H,1,4,8H2,2H3,(H,17,18)/t9-,14-/m1/s1. The third-order valence-corrected chi connectivity index (χ3v) is 3.06. The van der Waals surface area contributed by atoms with Crippen molar-refractivity contribution in [2.75, 3.05) is 0 Å². The summed E-state index contributed by atoms with van der Waals surface area (Å²) in [5.74, 6) is -0.814. The maximum atomic E-state index is 13.6. The number of aliphatic hydroxyl groups is 1. The molecule has 1 rings (SSSR count). The van der Waals surface area contributed by atoms with Gasteiger partial charge in [-0.2, -0.15) is 0 Å². The number of nitrogens with one attached hydrogen (secondary N) is 1. The van der Waals surface area contributed by atoms with Crippen LogP contribution < -0.4 is 5.32 Å². The fourth-order valence-corrected chi connectivity index (χ4v) is 1.96. The van der Waals surface area contributed by atoms with Crippen LogP contribution in [0.1, 0.15) is 31.4 Å². The van der Waals surface area contributed by atoms with Gasteiger partial charge in [0, 0.05) is 17.0 Å². The van der Waals surface area contributed by atoms with Gasteiger partial charge < -0.3 is 10.4 Å². The number of allylic oxidation sites excluding steroid dienone is 1. The van der Waals surface area contributed by atoms with E-state index >= 15 is 0 Å². The molecule has 2 atom stereocenters. The van der Waals surface area contributed by atoms with Crippen LogP contribution in [0.2, 0.25) is 5.02 Å². The molecule has 19 heavy (non-hydrogen) atoms. The average molecular weight is 286 g/mol. The molecule has 1 aromatic rings. The molecule has 104 valence electrons. The van der Waals surface area contributed by atoms with Crippen LogP contribution in [-0.2, 0) is 4.79 Å². The van der Waals surface area contributed by atoms with Crippen LogP contribution in [0.25, 0.3) is 0 Å². The fourth-order valence-electron chi connectivity index (χ4n) is 1.68. The van der Waals surface area contributed by atoms with E-state index in [2.05, 4.69) is 11.9 Å². The molecule has 0 aliphatic heterocycles. The first kappa shape index (κ1) is 15.7. The van der Waals surface area contributed by atoms with E-state index in [9.17, 15) is 14.3 Å². The SMILES string of the molecule is C=CCCC(=O)N[C@H](C)[C@@H](O)c1c(F)cccc1Cl. The van der Waals surface area contributed by atoms with Crippen molar-refractivity contribution >= 4 is 17.5 Å². The third-order valence-electron chi connectivity index (χ3n) is 2.73. The molecule has 3 nitrogen and oxygen atoms in total. The molecule has 0 saturated carbocycles. The predicted octanol–water partition coefficient (Wildman–Crippen LogP) is 2.98. The number of carbonyl (C=O) groups is 1. The Morgan fingerprint density at radius 3 is 2.89 bits per heavy atom. The van der Waals surface area contributed by atoms with Gasteiger partial charge in [-0.05, 0) is 25.5 Å². The molecule has 0 unspecified atom stereocenters. The first-order chi connectivity index (χ1) is 8.97. The molecule has 0 spiro atoms. The second kappa shape index (κ2) is 7.26. The third kappa shape index (κ3) is 4.33. The number of hydrogen-bond donors (Lipinski definition) is 2. The summed E-state index contributed by atoms with van der Waals surface area (Å²) in [5.41, 5.74) is 0.000636. The molecule has 1 aromatic carbocycles. The first-order valence-corrected chi connectivity index (χ1v) is 6.37. The number of amides is 1. The van der Waals surface area contributed by atoms with E-state index in [-0.39, 0.29) is 22.9 Å². The lowest BCUT2D eigenvalue weighted by molar-refractivity contribution is -0.122. The molecule has 0 fully saturated rings. The van der Waals surface area contributed by atoms with Gasteiger partial charge >= 0.3 is 0 Å². The molecule has 0 heterocycles. The van der Waals surface area contributed by atoms with Gasteiger partial charge in [-0.15, -0.1) is 6.58 Å². The molecule has 0 aliphatic carbocycles. The fraction of sp³-hybridized carbons (Fsp3) is 0.357. The van der Waals surface area contributed by atoms with Crippen LogP contribution in [0.4, 0.5) is 4.39 Å². The van der Waals surface area contributed by atoms with Gasteiger partial charge in [-0.1, -0.05) is 23.7 Å². The number of aliphatic hydroxyl groups excluding tert-OH is 1. The van der Waals surface area contributed by atoms with Gasteiger partial charge in [0.05, 0.1) is 6.04 Å². The number of halogens is 2. The Labute approximate surface area is 117 Å². The van der Waals surface area contributed by atoms with Crippen LogP contribution >= 0.6 is 11.6 Å². The van der Waals surface area contributed by atoms with Crippen molar-refractivity contribution < 1.29 is 14.3 Å². The van der Waals surface area contributed by atoms with Gasteiger partial charge in [-0.3, -0.25) is 4.79 Å². The highest BCUT2D eigenvalue weighted by molar-refractivity contribution is 6.31. The molecule has 0 bridgehead atoms. The lowest BCUT2D eigenvalue weighted by Crippen LogP contribution is -2.37. The Bertz CT molecular complexity index is 445. The second-order valence-electron chi connectivity index (χ2n) is 4.26. The predicted molar refractivity (Wildman–Crippen MR) is 73.4 cm³/mol. The van der Waals surface area contributed by atoms with Gasteiger partial charge in [0.2, 0.25) is 5.91 Å². The molecule has 0 aliphatic rings. The summed E-state index contributed by atoms with van der Waals surface area (Å²) >= 11 is 5.86. The summed E-state index contributed by atoms with van der Waals surface area (Å²) in [4.78, 5) is 11.5. The average Bonchev–Trinajstić information content (AvgIpc) is 2.35. The molecule has 0 saturated heterocycles. The molecular weight excluding hydrogens is 269 g/mol. The summed E-state index contributed by atoms with van der Waals surface area (Å²) in [6.45, 7) is 5.12. The minimum Gasteiger partial charge on any atom is -0.386 e. The topological polar surface area (TPSA) is 49.3 Å². The zero-order valence-electron chi connectivity index (χ0n) is 10.7. The smallest absolute Gasteiger partial charge is 0.220 e. The quantitative estimate of drug-likeness (QED) is 0.790. The minimum atomic E-state index is -1.19. The van der Waals surface area contributed by atoms with E-state index < -0.39 is 18.0 Å². The highest BCUT2D eigenvalue weighted by Gasteiger charge is 2.23. The monoisotopic (exact) mass is 285 g/mol. The molecular formula is C14H17ClFNO2. The van der Waals surface area contributed by atoms with Crippen molar-refractivity contribution in [3.63, 3.8) is 0 Å². The Morgan fingerprint density at radius 1 is 1.63 bits per heavy atom. The molecule has 5 heteroatoms. The maximum absolute atomic E-state index is 13.6. The lowest BCUT2D eigenvalue weighted by Gasteiger charge is -2.21. The van der Waals surface area contributed by atoms with Gasteiger partial charge in [0.25, 0.3) is 0 Å². The normalized spacial score (nSPS) is 13.7. The van der Waals surface area contributed by atoms with Crippen LogP contribution in [-0.4, -0.2) is 17.1 Å². The van der Waals surface area contributed by atoms with Crippen molar-refractivity contribution in [2.45, 2.75) is 31.9 Å². The molecule has 1 amide bonds. The van der Waals surface area contributed by atoms with Crippen molar-refractivity contribution in [3.05, 3.63) is 47.3 Å². The van der Waals surface area contributed by atoms with Crippen LogP contribution in [0.5, 0.6) is 0 Å². The second-order valence-corrected chi connectivity index (χ2v) is 4.67. The lowest BCUT2D eigenvalue weighted by atomic mass is 10.0. The number of rotatable bonds is 6. The first-order valence-electron chi connectivity index (χ1n) is 5.99. The Kier molecular flexibility index (Phi) is 5.99. The summed E-state index contributed by atoms with van der Waals surface area (Å²) in [5, 5.41) is 12.8. The largest absolute Gasteiger partial charge is 0.386 e. The summed E-state index contributed by atoms with van der Waals surface area (Å²) in [6.07, 6.45) is 1.27. The number of hydrogen-bond acceptors (Lipinski definition) is 2. The van der Waals surface area contributed by atoms with Crippen molar-refractivity contribution in [1.82, 2.24) is 5.32 Å². The van der Waals surface area contributed by atoms with Crippen LogP contribution in [0, 0.1) is 5.82 Å². The molecule has 2 N–H and O–H groups in total. The van der Waals surface area contributed by atoms with Crippen molar-refractivity contribution in [3.8, 4) is 0 Å². The zero-order chi connectivity index (χ0) is 14.4. The van der Waals surface area contributed by atoms with Gasteiger partial charge in [-0.25, -0.2) is 4.39 Å². The highest BCUT2D eigenvalue weighted by atomic mass is 35.5. The number of carbonyl (C=O) groups excluding carboxylic acids is 1. The van der Waals surface area contributed by atoms with Crippen LogP contribution in [0.3, 0.4) is 0 Å². The summed E-state index contributed by atoms with van der Waals surface area (Å²) in [6, 6.07) is 3.54. The Balaban J connectivity index is 2.74. The highest BCUT2D eigenvalue weighted by Crippen LogP contribution is 2.27. The maximum Gasteiger partial charge on any atom is 0.220 e.